The fourth-order valence-electron chi connectivity index (χ4n) is 6.05. The van der Waals surface area contributed by atoms with E-state index >= 15 is 0 Å². The molecule has 0 N–H and O–H groups in total. The van der Waals surface area contributed by atoms with E-state index in [2.05, 4.69) is 22.1 Å². The summed E-state index contributed by atoms with van der Waals surface area (Å²) in [7, 11) is 1.91. The molecule has 2 aromatic heterocycles. The van der Waals surface area contributed by atoms with E-state index in [-0.39, 0.29) is 11.4 Å². The van der Waals surface area contributed by atoms with Gasteiger partial charge in [0.2, 0.25) is 0 Å². The van der Waals surface area contributed by atoms with Crippen LogP contribution in [0.3, 0.4) is 0 Å². The zero-order chi connectivity index (χ0) is 26.6. The Bertz CT molecular complexity index is 1480. The van der Waals surface area contributed by atoms with Crippen LogP contribution in [-0.2, 0) is 12.7 Å². The van der Waals surface area contributed by atoms with E-state index in [1.54, 1.807) is 18.6 Å². The smallest absolute Gasteiger partial charge is 0.296 e. The third kappa shape index (κ3) is 4.38. The van der Waals surface area contributed by atoms with E-state index < -0.39 is 17.4 Å². The van der Waals surface area contributed by atoms with Crippen molar-refractivity contribution in [2.24, 2.45) is 16.1 Å². The van der Waals surface area contributed by atoms with Gasteiger partial charge < -0.3 is 0 Å². The van der Waals surface area contributed by atoms with Crippen LogP contribution in [0.5, 0.6) is 0 Å². The first-order valence-electron chi connectivity index (χ1n) is 13.2. The number of likely N-dealkylation sites (tertiary alicyclic amines) is 1. The Balaban J connectivity index is 1.43. The summed E-state index contributed by atoms with van der Waals surface area (Å²) in [6.07, 6.45) is 6.17. The number of alkyl halides is 3. The predicted molar refractivity (Wildman–Crippen MR) is 138 cm³/mol. The van der Waals surface area contributed by atoms with Crippen molar-refractivity contribution in [3.63, 3.8) is 0 Å². The summed E-state index contributed by atoms with van der Waals surface area (Å²) in [5.74, 6) is 0.411. The standard InChI is InChI=1S/C28H31F3N6O/c1-18-6-5-11-35(18)14-19-12-23(28(29,30)31)24-16-36(27(38)37(24)15-19)22-10-4-9-21(13-22)25(20-7-3-8-20)26-33-32-17-34(26)2/h4,9-10,12-13,15-18,20,25H,3,5-8,11,14H2,1-2H3/q+1/t18-,25-/m0/s1. The summed E-state index contributed by atoms with van der Waals surface area (Å²) < 4.78 is 46.9. The Morgan fingerprint density at radius 3 is 2.58 bits per heavy atom. The number of likely N-dealkylation sites (N-methyl/N-ethyl adjacent to an activating group) is 1. The van der Waals surface area contributed by atoms with E-state index in [0.29, 0.717) is 29.8 Å². The molecule has 1 saturated carbocycles. The molecule has 2 atom stereocenters. The van der Waals surface area contributed by atoms with Crippen LogP contribution >= 0.6 is 0 Å². The minimum absolute atomic E-state index is 0.00345. The van der Waals surface area contributed by atoms with Crippen LogP contribution in [0.4, 0.5) is 13.2 Å². The van der Waals surface area contributed by atoms with Gasteiger partial charge in [-0.25, -0.2) is 9.37 Å². The van der Waals surface area contributed by atoms with Gasteiger partial charge in [0.05, 0.1) is 34.8 Å². The number of azo groups is 1. The highest BCUT2D eigenvalue weighted by atomic mass is 19.4. The molecular weight excluding hydrogens is 493 g/mol. The number of imidazole rings is 1. The van der Waals surface area contributed by atoms with Gasteiger partial charge >= 0.3 is 24.4 Å². The second-order valence-electron chi connectivity index (χ2n) is 10.8. The first-order valence-corrected chi connectivity index (χ1v) is 13.2. The van der Waals surface area contributed by atoms with E-state index in [9.17, 15) is 18.0 Å². The molecule has 0 unspecified atom stereocenters. The molecule has 4 heterocycles. The maximum absolute atomic E-state index is 14.2. The van der Waals surface area contributed by atoms with Crippen LogP contribution in [0.15, 0.2) is 57.7 Å². The third-order valence-corrected chi connectivity index (χ3v) is 8.36. The molecule has 0 amide bonds. The van der Waals surface area contributed by atoms with Crippen molar-refractivity contribution in [3.8, 4) is 5.69 Å². The summed E-state index contributed by atoms with van der Waals surface area (Å²) in [6, 6.07) is 9.02. The Morgan fingerprint density at radius 1 is 1.13 bits per heavy atom. The Morgan fingerprint density at radius 2 is 1.95 bits per heavy atom. The highest BCUT2D eigenvalue weighted by Gasteiger charge is 2.42. The fourth-order valence-corrected chi connectivity index (χ4v) is 6.05. The summed E-state index contributed by atoms with van der Waals surface area (Å²) in [4.78, 5) is 15.7. The number of hydrogen-bond donors (Lipinski definition) is 0. The van der Waals surface area contributed by atoms with Gasteiger partial charge in [-0.2, -0.15) is 13.2 Å². The molecule has 10 heteroatoms. The van der Waals surface area contributed by atoms with Crippen molar-refractivity contribution in [1.29, 1.82) is 0 Å². The van der Waals surface area contributed by atoms with Crippen LogP contribution in [0.25, 0.3) is 11.2 Å². The zero-order valence-electron chi connectivity index (χ0n) is 21.5. The van der Waals surface area contributed by atoms with Gasteiger partial charge in [-0.15, -0.1) is 0 Å². The van der Waals surface area contributed by atoms with Gasteiger partial charge in [-0.05, 0) is 79.5 Å². The average molecular weight is 525 g/mol. The zero-order valence-corrected chi connectivity index (χ0v) is 21.5. The van der Waals surface area contributed by atoms with E-state index in [1.807, 2.05) is 29.8 Å². The Hall–Kier alpha value is -3.27. The first kappa shape index (κ1) is 25.0. The Kier molecular flexibility index (Phi) is 6.25. The minimum atomic E-state index is -4.58. The second-order valence-corrected chi connectivity index (χ2v) is 10.8. The first-order chi connectivity index (χ1) is 18.2. The van der Waals surface area contributed by atoms with Gasteiger partial charge in [0.25, 0.3) is 0 Å². The molecule has 199 valence electrons. The largest absolute Gasteiger partial charge is 0.418 e. The summed E-state index contributed by atoms with van der Waals surface area (Å²) in [5, 5.41) is 8.42. The summed E-state index contributed by atoms with van der Waals surface area (Å²) in [5.41, 5.74) is 0.545. The highest BCUT2D eigenvalue weighted by molar-refractivity contribution is 5.58. The number of fused-ring (bicyclic) bond motifs is 1. The molecule has 3 aromatic rings. The maximum Gasteiger partial charge on any atom is 0.418 e. The number of halogens is 3. The number of hydrogen-bond acceptors (Lipinski definition) is 4. The lowest BCUT2D eigenvalue weighted by Gasteiger charge is -2.34. The average Bonchev–Trinajstić information content (AvgIpc) is 3.55. The van der Waals surface area contributed by atoms with Gasteiger partial charge in [0.1, 0.15) is 0 Å². The number of benzene rings is 1. The van der Waals surface area contributed by atoms with Gasteiger partial charge in [-0.3, -0.25) is 13.9 Å². The molecule has 1 saturated heterocycles. The molecule has 2 fully saturated rings. The predicted octanol–water partition coefficient (Wildman–Crippen LogP) is 5.60. The number of pyridine rings is 1. The van der Waals surface area contributed by atoms with E-state index in [1.165, 1.54) is 16.8 Å². The van der Waals surface area contributed by atoms with Crippen molar-refractivity contribution in [3.05, 3.63) is 76.1 Å². The molecule has 3 aliphatic rings. The third-order valence-electron chi connectivity index (χ3n) is 8.36. The lowest BCUT2D eigenvalue weighted by atomic mass is 9.71. The topological polar surface area (TPSA) is 57.4 Å². The van der Waals surface area contributed by atoms with Crippen LogP contribution in [0, 0.1) is 12.1 Å². The Labute approximate surface area is 218 Å². The lowest BCUT2D eigenvalue weighted by Crippen LogP contribution is -2.29. The molecule has 1 aromatic carbocycles. The molecule has 1 radical (unpaired) electrons. The molecule has 0 spiro atoms. The van der Waals surface area contributed by atoms with Crippen LogP contribution in [0.2, 0.25) is 0 Å². The molecule has 2 aliphatic heterocycles. The summed E-state index contributed by atoms with van der Waals surface area (Å²) >= 11 is 0. The van der Waals surface area contributed by atoms with Crippen molar-refractivity contribution in [2.45, 2.75) is 63.7 Å². The van der Waals surface area contributed by atoms with Gasteiger partial charge in [0, 0.05) is 25.0 Å². The number of aromatic nitrogens is 2. The quantitative estimate of drug-likeness (QED) is 0.394. The van der Waals surface area contributed by atoms with Gasteiger partial charge in [0.15, 0.2) is 0 Å². The highest BCUT2D eigenvalue weighted by Crippen LogP contribution is 2.46. The second kappa shape index (κ2) is 9.48. The van der Waals surface area contributed by atoms with Crippen LogP contribution < -0.4 is 5.69 Å². The number of rotatable bonds is 6. The normalized spacial score (nSPS) is 21.8. The molecule has 6 rings (SSSR count). The van der Waals surface area contributed by atoms with Crippen LogP contribution in [-0.4, -0.2) is 44.4 Å². The molecule has 0 bridgehead atoms. The monoisotopic (exact) mass is 524 g/mol. The number of nitrogens with zero attached hydrogens (tertiary/aromatic N) is 6. The molecule has 7 nitrogen and oxygen atoms in total. The van der Waals surface area contributed by atoms with Crippen molar-refractivity contribution in [2.75, 3.05) is 13.6 Å². The van der Waals surface area contributed by atoms with Crippen molar-refractivity contribution < 1.29 is 17.7 Å². The van der Waals surface area contributed by atoms with E-state index in [0.717, 1.165) is 54.8 Å². The molecule has 1 aliphatic carbocycles. The molecule has 38 heavy (non-hydrogen) atoms. The SMILES string of the molecule is C[C@H]1CCCN1Cc1cc(C(F)(F)F)c2cn(-c3cccc([C@@H]([C]4N=NC=[N+]4C)C4CCC4)c3)c(=O)n2c1. The van der Waals surface area contributed by atoms with E-state index in [4.69, 9.17) is 0 Å². The van der Waals surface area contributed by atoms with Crippen LogP contribution in [0.1, 0.15) is 61.6 Å². The summed E-state index contributed by atoms with van der Waals surface area (Å²) in [6.45, 7) is 3.31. The van der Waals surface area contributed by atoms with Crippen molar-refractivity contribution >= 4 is 11.9 Å². The van der Waals surface area contributed by atoms with Gasteiger partial charge in [-0.1, -0.05) is 18.6 Å². The maximum atomic E-state index is 14.2. The molecular formula is C28H31F3N6O+. The fraction of sp³-hybridized carbons (Fsp3) is 0.464. The minimum Gasteiger partial charge on any atom is -0.296 e. The lowest BCUT2D eigenvalue weighted by molar-refractivity contribution is -0.480. The van der Waals surface area contributed by atoms with Crippen molar-refractivity contribution in [1.82, 2.24) is 13.9 Å².